The average Bonchev–Trinajstić information content (AvgIpc) is 2.77. The molecule has 1 N–H and O–H groups in total. The summed E-state index contributed by atoms with van der Waals surface area (Å²) >= 11 is 0.550. The first-order valence-electron chi connectivity index (χ1n) is 5.86. The van der Waals surface area contributed by atoms with E-state index in [0.29, 0.717) is 22.3 Å². The molecule has 0 amide bonds. The lowest BCUT2D eigenvalue weighted by molar-refractivity contribution is 0.252. The fourth-order valence-electron chi connectivity index (χ4n) is 1.90. The number of alkyl halides is 2. The number of para-hydroxylation sites is 1. The van der Waals surface area contributed by atoms with Gasteiger partial charge in [0.15, 0.2) is 0 Å². The van der Waals surface area contributed by atoms with E-state index >= 15 is 0 Å². The van der Waals surface area contributed by atoms with Crippen LogP contribution in [-0.4, -0.2) is 15.5 Å². The molecule has 19 heavy (non-hydrogen) atoms. The highest BCUT2D eigenvalue weighted by Crippen LogP contribution is 2.33. The minimum atomic E-state index is -2.42. The van der Waals surface area contributed by atoms with Crippen LogP contribution < -0.4 is 5.32 Å². The summed E-state index contributed by atoms with van der Waals surface area (Å²) in [5.41, 5.74) is 1.71. The highest BCUT2D eigenvalue weighted by atomic mass is 32.2. The fraction of sp³-hybridized carbons (Fsp3) is 0.308. The zero-order chi connectivity index (χ0) is 13.8. The molecular formula is C13H15F2N3S. The first kappa shape index (κ1) is 13.9. The minimum Gasteiger partial charge on any atom is -0.376 e. The van der Waals surface area contributed by atoms with Gasteiger partial charge in [-0.15, -0.1) is 0 Å². The van der Waals surface area contributed by atoms with E-state index in [-0.39, 0.29) is 6.04 Å². The summed E-state index contributed by atoms with van der Waals surface area (Å²) in [6, 6.07) is 8.97. The number of aryl methyl sites for hydroxylation is 1. The van der Waals surface area contributed by atoms with Crippen LogP contribution in [0.3, 0.4) is 0 Å². The SMILES string of the molecule is CC(Nc1ccccc1SC(F)F)c1ccnn1C. The van der Waals surface area contributed by atoms with Crippen molar-refractivity contribution in [2.75, 3.05) is 5.32 Å². The Morgan fingerprint density at radius 3 is 2.63 bits per heavy atom. The molecule has 102 valence electrons. The third-order valence-corrected chi connectivity index (χ3v) is 3.57. The molecule has 0 radical (unpaired) electrons. The second kappa shape index (κ2) is 6.06. The number of nitrogens with one attached hydrogen (secondary N) is 1. The molecule has 0 saturated heterocycles. The van der Waals surface area contributed by atoms with E-state index in [1.54, 1.807) is 29.1 Å². The van der Waals surface area contributed by atoms with Gasteiger partial charge in [-0.05, 0) is 25.1 Å². The number of thioether (sulfide) groups is 1. The van der Waals surface area contributed by atoms with Crippen molar-refractivity contribution in [3.63, 3.8) is 0 Å². The fourth-order valence-corrected chi connectivity index (χ4v) is 2.50. The second-order valence-corrected chi connectivity index (χ2v) is 5.15. The van der Waals surface area contributed by atoms with Crippen LogP contribution in [0.25, 0.3) is 0 Å². The third-order valence-electron chi connectivity index (χ3n) is 2.78. The van der Waals surface area contributed by atoms with Gasteiger partial charge in [-0.25, -0.2) is 0 Å². The van der Waals surface area contributed by atoms with Crippen molar-refractivity contribution in [3.8, 4) is 0 Å². The Labute approximate surface area is 115 Å². The highest BCUT2D eigenvalue weighted by Gasteiger charge is 2.13. The zero-order valence-electron chi connectivity index (χ0n) is 10.7. The molecule has 1 heterocycles. The number of rotatable bonds is 5. The smallest absolute Gasteiger partial charge is 0.288 e. The summed E-state index contributed by atoms with van der Waals surface area (Å²) in [4.78, 5) is 0.548. The monoisotopic (exact) mass is 283 g/mol. The van der Waals surface area contributed by atoms with E-state index in [1.807, 2.05) is 26.1 Å². The lowest BCUT2D eigenvalue weighted by Gasteiger charge is -2.18. The number of halogens is 2. The van der Waals surface area contributed by atoms with E-state index in [4.69, 9.17) is 0 Å². The minimum absolute atomic E-state index is 0.00748. The number of anilines is 1. The average molecular weight is 283 g/mol. The molecule has 0 aliphatic carbocycles. The van der Waals surface area contributed by atoms with Gasteiger partial charge in [0.1, 0.15) is 0 Å². The van der Waals surface area contributed by atoms with Crippen LogP contribution in [0.1, 0.15) is 18.7 Å². The third kappa shape index (κ3) is 3.47. The van der Waals surface area contributed by atoms with Crippen molar-refractivity contribution in [2.45, 2.75) is 23.6 Å². The van der Waals surface area contributed by atoms with Crippen LogP contribution in [0.15, 0.2) is 41.4 Å². The summed E-state index contributed by atoms with van der Waals surface area (Å²) in [6.45, 7) is 1.97. The number of hydrogen-bond donors (Lipinski definition) is 1. The van der Waals surface area contributed by atoms with Crippen LogP contribution in [0, 0.1) is 0 Å². The van der Waals surface area contributed by atoms with Gasteiger partial charge in [-0.3, -0.25) is 4.68 Å². The van der Waals surface area contributed by atoms with Crippen molar-refractivity contribution in [1.82, 2.24) is 9.78 Å². The lowest BCUT2D eigenvalue weighted by atomic mass is 10.2. The van der Waals surface area contributed by atoms with Crippen LogP contribution in [0.4, 0.5) is 14.5 Å². The Morgan fingerprint density at radius 2 is 2.00 bits per heavy atom. The summed E-state index contributed by atoms with van der Waals surface area (Å²) in [5.74, 6) is -2.42. The van der Waals surface area contributed by atoms with E-state index < -0.39 is 5.76 Å². The molecule has 0 bridgehead atoms. The summed E-state index contributed by atoms with van der Waals surface area (Å²) in [5, 5.41) is 7.35. The van der Waals surface area contributed by atoms with Crippen molar-refractivity contribution in [1.29, 1.82) is 0 Å². The quantitative estimate of drug-likeness (QED) is 0.844. The van der Waals surface area contributed by atoms with Gasteiger partial charge >= 0.3 is 0 Å². The molecule has 0 spiro atoms. The molecule has 1 unspecified atom stereocenters. The van der Waals surface area contributed by atoms with Crippen LogP contribution in [-0.2, 0) is 7.05 Å². The van der Waals surface area contributed by atoms with Crippen LogP contribution in [0.5, 0.6) is 0 Å². The predicted octanol–water partition coefficient (Wildman–Crippen LogP) is 3.91. The molecule has 2 rings (SSSR count). The van der Waals surface area contributed by atoms with E-state index in [1.165, 1.54) is 0 Å². The van der Waals surface area contributed by atoms with Crippen LogP contribution in [0.2, 0.25) is 0 Å². The molecule has 1 aromatic heterocycles. The van der Waals surface area contributed by atoms with Gasteiger partial charge in [-0.2, -0.15) is 13.9 Å². The predicted molar refractivity (Wildman–Crippen MR) is 73.5 cm³/mol. The van der Waals surface area contributed by atoms with E-state index in [2.05, 4.69) is 10.4 Å². The Kier molecular flexibility index (Phi) is 4.42. The van der Waals surface area contributed by atoms with Gasteiger partial charge in [0.05, 0.1) is 11.7 Å². The summed E-state index contributed by atoms with van der Waals surface area (Å²) < 4.78 is 26.8. The van der Waals surface area contributed by atoms with Gasteiger partial charge in [-0.1, -0.05) is 23.9 Å². The maximum atomic E-state index is 12.5. The molecular weight excluding hydrogens is 268 g/mol. The lowest BCUT2D eigenvalue weighted by Crippen LogP contribution is -2.11. The van der Waals surface area contributed by atoms with Crippen molar-refractivity contribution < 1.29 is 8.78 Å². The van der Waals surface area contributed by atoms with Gasteiger partial charge in [0.25, 0.3) is 5.76 Å². The highest BCUT2D eigenvalue weighted by molar-refractivity contribution is 7.99. The number of benzene rings is 1. The molecule has 0 fully saturated rings. The largest absolute Gasteiger partial charge is 0.376 e. The van der Waals surface area contributed by atoms with Crippen molar-refractivity contribution in [3.05, 3.63) is 42.2 Å². The Balaban J connectivity index is 2.17. The van der Waals surface area contributed by atoms with E-state index in [0.717, 1.165) is 5.69 Å². The Hall–Kier alpha value is -1.56. The van der Waals surface area contributed by atoms with E-state index in [9.17, 15) is 8.78 Å². The Morgan fingerprint density at radius 1 is 1.26 bits per heavy atom. The van der Waals surface area contributed by atoms with Crippen molar-refractivity contribution >= 4 is 17.4 Å². The first-order chi connectivity index (χ1) is 9.08. The normalized spacial score (nSPS) is 12.7. The summed E-state index contributed by atoms with van der Waals surface area (Å²) in [6.07, 6.45) is 1.72. The molecule has 1 aromatic carbocycles. The second-order valence-electron chi connectivity index (χ2n) is 4.12. The topological polar surface area (TPSA) is 29.9 Å². The maximum absolute atomic E-state index is 12.5. The molecule has 0 saturated carbocycles. The van der Waals surface area contributed by atoms with Gasteiger partial charge in [0, 0.05) is 23.8 Å². The van der Waals surface area contributed by atoms with Crippen LogP contribution >= 0.6 is 11.8 Å². The summed E-state index contributed by atoms with van der Waals surface area (Å²) in [7, 11) is 1.85. The molecule has 0 aliphatic rings. The molecule has 6 heteroatoms. The van der Waals surface area contributed by atoms with Crippen molar-refractivity contribution in [2.24, 2.45) is 7.05 Å². The van der Waals surface area contributed by atoms with Gasteiger partial charge < -0.3 is 5.32 Å². The standard InChI is InChI=1S/C13H15F2N3S/c1-9(11-7-8-16-18(11)2)17-10-5-3-4-6-12(10)19-13(14)15/h3-9,13,17H,1-2H3. The number of nitrogens with zero attached hydrogens (tertiary/aromatic N) is 2. The number of hydrogen-bond acceptors (Lipinski definition) is 3. The molecule has 0 aliphatic heterocycles. The maximum Gasteiger partial charge on any atom is 0.288 e. The molecule has 3 nitrogen and oxygen atoms in total. The van der Waals surface area contributed by atoms with Gasteiger partial charge in [0.2, 0.25) is 0 Å². The molecule has 2 aromatic rings. The zero-order valence-corrected chi connectivity index (χ0v) is 11.5. The Bertz CT molecular complexity index is 542. The molecule has 1 atom stereocenters. The first-order valence-corrected chi connectivity index (χ1v) is 6.74. The number of aromatic nitrogens is 2.